The highest BCUT2D eigenvalue weighted by Crippen LogP contribution is 2.26. The molecular weight excluding hydrogens is 450 g/mol. The van der Waals surface area contributed by atoms with Crippen LogP contribution in [0.5, 0.6) is 11.5 Å². The van der Waals surface area contributed by atoms with Crippen LogP contribution in [0.2, 0.25) is 5.02 Å². The molecule has 0 saturated heterocycles. The summed E-state index contributed by atoms with van der Waals surface area (Å²) in [5, 5.41) is 3.59. The number of nitrogens with zero attached hydrogens (tertiary/aromatic N) is 2. The largest absolute Gasteiger partial charge is 0.493 e. The zero-order valence-electron chi connectivity index (χ0n) is 19.2. The summed E-state index contributed by atoms with van der Waals surface area (Å²) in [7, 11) is 1.64. The van der Waals surface area contributed by atoms with E-state index in [-0.39, 0.29) is 5.91 Å². The van der Waals surface area contributed by atoms with Crippen molar-refractivity contribution in [3.63, 3.8) is 0 Å². The minimum atomic E-state index is -0.118. The molecule has 1 N–H and O–H groups in total. The minimum Gasteiger partial charge on any atom is -0.493 e. The fraction of sp³-hybridized carbons (Fsp3) is 0.259. The van der Waals surface area contributed by atoms with Crippen molar-refractivity contribution in [2.75, 3.05) is 20.3 Å². The molecule has 0 aliphatic carbocycles. The molecule has 1 amide bonds. The molecule has 4 aromatic rings. The lowest BCUT2D eigenvalue weighted by Gasteiger charge is -2.12. The Morgan fingerprint density at radius 3 is 2.50 bits per heavy atom. The topological polar surface area (TPSA) is 65.4 Å². The summed E-state index contributed by atoms with van der Waals surface area (Å²) in [6.07, 6.45) is 2.49. The number of benzene rings is 3. The summed E-state index contributed by atoms with van der Waals surface area (Å²) in [6.45, 7) is 1.94. The van der Waals surface area contributed by atoms with Crippen LogP contribution in [-0.2, 0) is 13.0 Å². The first-order valence-corrected chi connectivity index (χ1v) is 11.8. The number of rotatable bonds is 11. The van der Waals surface area contributed by atoms with Crippen molar-refractivity contribution in [1.82, 2.24) is 14.9 Å². The second-order valence-corrected chi connectivity index (χ2v) is 8.32. The van der Waals surface area contributed by atoms with E-state index in [1.165, 1.54) is 0 Å². The van der Waals surface area contributed by atoms with Gasteiger partial charge in [-0.1, -0.05) is 35.9 Å². The maximum absolute atomic E-state index is 12.4. The number of halogens is 1. The SMILES string of the molecule is COc1ccccc1OCCCCn1c(CCNC(=O)c2ccc(Cl)cc2)nc2ccccc21. The van der Waals surface area contributed by atoms with Crippen LogP contribution >= 0.6 is 11.6 Å². The van der Waals surface area contributed by atoms with E-state index in [1.807, 2.05) is 42.5 Å². The van der Waals surface area contributed by atoms with Gasteiger partial charge in [-0.05, 0) is 61.4 Å². The number of hydrogen-bond acceptors (Lipinski definition) is 4. The zero-order valence-corrected chi connectivity index (χ0v) is 19.9. The molecule has 0 atom stereocenters. The van der Waals surface area contributed by atoms with Gasteiger partial charge in [0, 0.05) is 30.1 Å². The number of para-hydroxylation sites is 4. The van der Waals surface area contributed by atoms with E-state index >= 15 is 0 Å². The van der Waals surface area contributed by atoms with Crippen LogP contribution in [0.3, 0.4) is 0 Å². The second kappa shape index (κ2) is 11.6. The van der Waals surface area contributed by atoms with Gasteiger partial charge in [-0.3, -0.25) is 4.79 Å². The Kier molecular flexibility index (Phi) is 8.04. The number of nitrogens with one attached hydrogen (secondary N) is 1. The van der Waals surface area contributed by atoms with Gasteiger partial charge in [-0.15, -0.1) is 0 Å². The van der Waals surface area contributed by atoms with E-state index in [1.54, 1.807) is 31.4 Å². The standard InChI is InChI=1S/C27H28ClN3O3/c1-33-24-10-4-5-11-25(24)34-19-7-6-18-31-23-9-3-2-8-22(23)30-26(31)16-17-29-27(32)20-12-14-21(28)15-13-20/h2-5,8-15H,6-7,16-19H2,1H3,(H,29,32). The normalized spacial score (nSPS) is 10.9. The number of carbonyl (C=O) groups is 1. The van der Waals surface area contributed by atoms with Crippen molar-refractivity contribution in [1.29, 1.82) is 0 Å². The molecule has 0 spiro atoms. The number of methoxy groups -OCH3 is 1. The molecule has 0 unspecified atom stereocenters. The van der Waals surface area contributed by atoms with Crippen LogP contribution in [0.4, 0.5) is 0 Å². The van der Waals surface area contributed by atoms with Gasteiger partial charge in [-0.25, -0.2) is 4.98 Å². The van der Waals surface area contributed by atoms with Crippen LogP contribution < -0.4 is 14.8 Å². The molecule has 34 heavy (non-hydrogen) atoms. The number of fused-ring (bicyclic) bond motifs is 1. The predicted molar refractivity (Wildman–Crippen MR) is 135 cm³/mol. The Labute approximate surface area is 204 Å². The van der Waals surface area contributed by atoms with Crippen molar-refractivity contribution in [3.05, 3.63) is 89.2 Å². The van der Waals surface area contributed by atoms with E-state index in [4.69, 9.17) is 26.1 Å². The molecule has 0 radical (unpaired) electrons. The smallest absolute Gasteiger partial charge is 0.251 e. The number of aromatic nitrogens is 2. The molecule has 1 heterocycles. The summed E-state index contributed by atoms with van der Waals surface area (Å²) in [5.74, 6) is 2.34. The van der Waals surface area contributed by atoms with Crippen LogP contribution in [0.25, 0.3) is 11.0 Å². The first kappa shape index (κ1) is 23.6. The van der Waals surface area contributed by atoms with Crippen LogP contribution in [0, 0.1) is 0 Å². The molecule has 7 heteroatoms. The number of aryl methyl sites for hydroxylation is 1. The summed E-state index contributed by atoms with van der Waals surface area (Å²) in [4.78, 5) is 17.2. The molecule has 0 bridgehead atoms. The Morgan fingerprint density at radius 2 is 1.71 bits per heavy atom. The number of ether oxygens (including phenoxy) is 2. The summed E-state index contributed by atoms with van der Waals surface area (Å²) < 4.78 is 13.5. The number of hydrogen-bond donors (Lipinski definition) is 1. The molecule has 0 aliphatic heterocycles. The van der Waals surface area contributed by atoms with Crippen molar-refractivity contribution >= 4 is 28.5 Å². The Morgan fingerprint density at radius 1 is 0.971 bits per heavy atom. The number of carbonyl (C=O) groups excluding carboxylic acids is 1. The summed E-state index contributed by atoms with van der Waals surface area (Å²) in [5.41, 5.74) is 2.66. The summed E-state index contributed by atoms with van der Waals surface area (Å²) >= 11 is 5.91. The second-order valence-electron chi connectivity index (χ2n) is 7.89. The van der Waals surface area contributed by atoms with Crippen LogP contribution in [0.1, 0.15) is 29.0 Å². The third-order valence-corrected chi connectivity index (χ3v) is 5.83. The number of imidazole rings is 1. The van der Waals surface area contributed by atoms with Gasteiger partial charge in [0.1, 0.15) is 5.82 Å². The lowest BCUT2D eigenvalue weighted by atomic mass is 10.2. The molecule has 1 aromatic heterocycles. The van der Waals surface area contributed by atoms with Gasteiger partial charge in [0.2, 0.25) is 0 Å². The minimum absolute atomic E-state index is 0.118. The molecular formula is C27H28ClN3O3. The Bertz CT molecular complexity index is 1240. The monoisotopic (exact) mass is 477 g/mol. The van der Waals surface area contributed by atoms with Gasteiger partial charge >= 0.3 is 0 Å². The predicted octanol–water partition coefficient (Wildman–Crippen LogP) is 5.53. The molecule has 0 aliphatic rings. The lowest BCUT2D eigenvalue weighted by molar-refractivity contribution is 0.0954. The summed E-state index contributed by atoms with van der Waals surface area (Å²) in [6, 6.07) is 22.7. The fourth-order valence-corrected chi connectivity index (χ4v) is 3.98. The van der Waals surface area contributed by atoms with Crippen molar-refractivity contribution in [2.45, 2.75) is 25.8 Å². The molecule has 4 rings (SSSR count). The van der Waals surface area contributed by atoms with Crippen LogP contribution in [-0.4, -0.2) is 35.7 Å². The third-order valence-electron chi connectivity index (χ3n) is 5.58. The Balaban J connectivity index is 1.33. The number of unbranched alkanes of at least 4 members (excludes halogenated alkanes) is 1. The van der Waals surface area contributed by atoms with Gasteiger partial charge in [0.25, 0.3) is 5.91 Å². The van der Waals surface area contributed by atoms with E-state index < -0.39 is 0 Å². The molecule has 176 valence electrons. The number of amides is 1. The quantitative estimate of drug-likeness (QED) is 0.288. The van der Waals surface area contributed by atoms with Crippen LogP contribution in [0.15, 0.2) is 72.8 Å². The van der Waals surface area contributed by atoms with Crippen molar-refractivity contribution in [3.8, 4) is 11.5 Å². The maximum atomic E-state index is 12.4. The maximum Gasteiger partial charge on any atom is 0.251 e. The van der Waals surface area contributed by atoms with Gasteiger partial charge in [0.15, 0.2) is 11.5 Å². The third kappa shape index (κ3) is 5.88. The zero-order chi connectivity index (χ0) is 23.8. The fourth-order valence-electron chi connectivity index (χ4n) is 3.85. The van der Waals surface area contributed by atoms with E-state index in [0.717, 1.165) is 47.7 Å². The molecule has 0 fully saturated rings. The average Bonchev–Trinajstić information content (AvgIpc) is 3.21. The molecule has 0 saturated carbocycles. The highest BCUT2D eigenvalue weighted by atomic mass is 35.5. The molecule has 6 nitrogen and oxygen atoms in total. The van der Waals surface area contributed by atoms with E-state index in [9.17, 15) is 4.79 Å². The van der Waals surface area contributed by atoms with Gasteiger partial charge in [0.05, 0.1) is 24.8 Å². The van der Waals surface area contributed by atoms with Crippen molar-refractivity contribution < 1.29 is 14.3 Å². The van der Waals surface area contributed by atoms with E-state index in [0.29, 0.717) is 30.2 Å². The van der Waals surface area contributed by atoms with Gasteiger partial charge < -0.3 is 19.4 Å². The highest BCUT2D eigenvalue weighted by Gasteiger charge is 2.12. The first-order chi connectivity index (χ1) is 16.7. The Hall–Kier alpha value is -3.51. The van der Waals surface area contributed by atoms with Gasteiger partial charge in [-0.2, -0.15) is 0 Å². The molecule has 3 aromatic carbocycles. The first-order valence-electron chi connectivity index (χ1n) is 11.4. The van der Waals surface area contributed by atoms with E-state index in [2.05, 4.69) is 16.0 Å². The van der Waals surface area contributed by atoms with Crippen molar-refractivity contribution in [2.24, 2.45) is 0 Å². The average molecular weight is 478 g/mol. The lowest BCUT2D eigenvalue weighted by Crippen LogP contribution is -2.26. The highest BCUT2D eigenvalue weighted by molar-refractivity contribution is 6.30.